The number of benzene rings is 17. The Hall–Kier alpha value is -14.0. The number of nitrogens with zero attached hydrogens (tertiary/aromatic N) is 3. The molecule has 0 aliphatic rings. The number of thiophene rings is 2. The Kier molecular flexibility index (Phi) is 19.6. The zero-order chi connectivity index (χ0) is 79.2. The van der Waals surface area contributed by atoms with Gasteiger partial charge in [-0.3, -0.25) is 0 Å². The molecule has 0 amide bonds. The van der Waals surface area contributed by atoms with Crippen molar-refractivity contribution in [1.82, 2.24) is 13.7 Å². The maximum Gasteiger partial charge on any atom is 0.159 e. The summed E-state index contributed by atoms with van der Waals surface area (Å²) < 4.78 is 30.3. The Balaban J connectivity index is 0.0000000924. The van der Waals surface area contributed by atoms with Crippen LogP contribution in [0.25, 0.3) is 183 Å². The molecule has 17 aromatic carbocycles. The molecule has 0 saturated carbocycles. The molecular formula is C109H83N3O3S2. The van der Waals surface area contributed by atoms with Crippen molar-refractivity contribution in [2.24, 2.45) is 7.05 Å². The zero-order valence-electron chi connectivity index (χ0n) is 66.2. The van der Waals surface area contributed by atoms with Gasteiger partial charge in [0.2, 0.25) is 0 Å². The van der Waals surface area contributed by atoms with Crippen LogP contribution in [0.1, 0.15) is 33.4 Å². The molecule has 0 radical (unpaired) electrons. The molecule has 0 saturated heterocycles. The number of rotatable bonds is 2. The maximum absolute atomic E-state index is 6.31. The molecule has 8 heterocycles. The van der Waals surface area contributed by atoms with Crippen LogP contribution in [0, 0.1) is 41.5 Å². The van der Waals surface area contributed by atoms with E-state index in [1.54, 1.807) is 0 Å². The van der Waals surface area contributed by atoms with E-state index in [0.717, 1.165) is 50.0 Å². The molecule has 117 heavy (non-hydrogen) atoms. The lowest BCUT2D eigenvalue weighted by Gasteiger charge is -2.08. The van der Waals surface area contributed by atoms with E-state index in [1.165, 1.54) is 166 Å². The molecule has 0 unspecified atom stereocenters. The summed E-state index contributed by atoms with van der Waals surface area (Å²) >= 11 is 3.76. The van der Waals surface area contributed by atoms with Gasteiger partial charge in [0.1, 0.15) is 27.9 Å². The molecular weight excluding hydrogens is 1460 g/mol. The molecule has 25 aromatic rings. The van der Waals surface area contributed by atoms with E-state index in [0.29, 0.717) is 0 Å². The summed E-state index contributed by atoms with van der Waals surface area (Å²) in [6.07, 6.45) is 0. The summed E-state index contributed by atoms with van der Waals surface area (Å²) in [7, 11) is 2.12. The predicted octanol–water partition coefficient (Wildman–Crippen LogP) is 31.9. The van der Waals surface area contributed by atoms with Crippen molar-refractivity contribution in [3.8, 4) is 11.4 Å². The standard InChI is InChI=1S/C25H17NO.C19H15N.C13H11N.2C13H10O.2C13H10S/c1-16-13-14-22-20(15-16)17-7-2-4-10-21(17)26(22)23-11-6-9-19-18-8-3-5-12-24(18)27-25(19)23;1-14-11-12-19-17(13-14)16-9-5-6-10-18(16)20(19)15-7-3-2-4-8-15;1-14-12-8-4-2-6-10(12)11-7-3-5-9-13(11)14;1-9-5-4-7-11-10-6-2-3-8-12(10)14-13(9)11;1-9-6-7-13-11(8-9)10-4-2-3-5-12(10)14-13;1-9-5-4-7-11-10-6-2-3-8-12(10)14-13(9)11;1-9-6-7-13-11(8-9)10-4-2-3-5-12(10)14-13/h2-15H,1H3;2-13H,1H3;2-9H,1H3;4*2-8H,1H3. The quantitative estimate of drug-likeness (QED) is 0.173. The van der Waals surface area contributed by atoms with Gasteiger partial charge >= 0.3 is 0 Å². The Morgan fingerprint density at radius 2 is 0.573 bits per heavy atom. The first-order valence-electron chi connectivity index (χ1n) is 39.8. The normalized spacial score (nSPS) is 11.4. The molecule has 0 fully saturated rings. The predicted molar refractivity (Wildman–Crippen MR) is 504 cm³/mol. The van der Waals surface area contributed by atoms with Crippen molar-refractivity contribution in [1.29, 1.82) is 0 Å². The number of hydrogen-bond acceptors (Lipinski definition) is 5. The second-order valence-electron chi connectivity index (χ2n) is 30.2. The van der Waals surface area contributed by atoms with E-state index in [-0.39, 0.29) is 0 Å². The lowest BCUT2D eigenvalue weighted by Crippen LogP contribution is -1.94. The summed E-state index contributed by atoms with van der Waals surface area (Å²) in [6.45, 7) is 12.8. The monoisotopic (exact) mass is 1550 g/mol. The molecule has 8 aromatic heterocycles. The van der Waals surface area contributed by atoms with Gasteiger partial charge in [-0.05, 0) is 174 Å². The number of fused-ring (bicyclic) bond motifs is 24. The minimum atomic E-state index is 0.927. The summed E-state index contributed by atoms with van der Waals surface area (Å²) in [6, 6.07) is 132. The first kappa shape index (κ1) is 73.2. The Bertz CT molecular complexity index is 7700. The molecule has 564 valence electrons. The summed E-state index contributed by atoms with van der Waals surface area (Å²) in [5.41, 5.74) is 23.3. The average molecular weight is 1550 g/mol. The highest BCUT2D eigenvalue weighted by molar-refractivity contribution is 7.26. The molecule has 6 nitrogen and oxygen atoms in total. The average Bonchev–Trinajstić information content (AvgIpc) is 1.58. The van der Waals surface area contributed by atoms with Crippen LogP contribution >= 0.6 is 22.7 Å². The van der Waals surface area contributed by atoms with Crippen molar-refractivity contribution in [3.63, 3.8) is 0 Å². The highest BCUT2D eigenvalue weighted by Crippen LogP contribution is 2.41. The fraction of sp³-hybridized carbons (Fsp3) is 0.0642. The van der Waals surface area contributed by atoms with Crippen LogP contribution in [-0.4, -0.2) is 13.7 Å². The first-order valence-corrected chi connectivity index (χ1v) is 41.5. The van der Waals surface area contributed by atoms with Crippen LogP contribution in [0.5, 0.6) is 0 Å². The Morgan fingerprint density at radius 3 is 1.16 bits per heavy atom. The molecule has 0 spiro atoms. The number of furan rings is 3. The SMILES string of the molecule is Cc1ccc2c(c1)c1ccccc1n2-c1cccc2c1oc1ccccc12.Cc1ccc2c(c1)c1ccccc1n2-c1ccccc1.Cc1ccc2oc3ccccc3c2c1.Cc1ccc2sc3ccccc3c2c1.Cc1cccc2c1oc1ccccc12.Cc1cccc2c1sc1ccccc12.Cn1c2ccccc2c2ccccc21. The van der Waals surface area contributed by atoms with Gasteiger partial charge in [0.15, 0.2) is 5.58 Å². The van der Waals surface area contributed by atoms with E-state index in [2.05, 4.69) is 384 Å². The molecule has 0 N–H and O–H groups in total. The fourth-order valence-corrected chi connectivity index (χ4v) is 19.0. The van der Waals surface area contributed by atoms with E-state index >= 15 is 0 Å². The minimum absolute atomic E-state index is 0.927. The lowest BCUT2D eigenvalue weighted by atomic mass is 10.1. The van der Waals surface area contributed by atoms with Crippen molar-refractivity contribution >= 4 is 194 Å². The molecule has 0 atom stereocenters. The van der Waals surface area contributed by atoms with Gasteiger partial charge in [-0.2, -0.15) is 0 Å². The third-order valence-corrected chi connectivity index (χ3v) is 24.9. The number of aromatic nitrogens is 3. The zero-order valence-corrected chi connectivity index (χ0v) is 67.8. The van der Waals surface area contributed by atoms with E-state index < -0.39 is 0 Å². The van der Waals surface area contributed by atoms with Crippen LogP contribution in [0.3, 0.4) is 0 Å². The van der Waals surface area contributed by atoms with Gasteiger partial charge in [-0.1, -0.05) is 277 Å². The Labute approximate surface area is 685 Å². The topological polar surface area (TPSA) is 54.2 Å². The lowest BCUT2D eigenvalue weighted by molar-refractivity contribution is 0.665. The van der Waals surface area contributed by atoms with Gasteiger partial charge in [0.25, 0.3) is 0 Å². The van der Waals surface area contributed by atoms with Gasteiger partial charge in [0.05, 0.1) is 27.8 Å². The van der Waals surface area contributed by atoms with Crippen LogP contribution in [0.4, 0.5) is 0 Å². The van der Waals surface area contributed by atoms with Crippen LogP contribution < -0.4 is 0 Å². The molecule has 0 aliphatic carbocycles. The molecule has 0 bridgehead atoms. The summed E-state index contributed by atoms with van der Waals surface area (Å²) in [4.78, 5) is 0. The van der Waals surface area contributed by atoms with Crippen molar-refractivity contribution in [2.75, 3.05) is 0 Å². The largest absolute Gasteiger partial charge is 0.456 e. The van der Waals surface area contributed by atoms with Crippen molar-refractivity contribution < 1.29 is 13.3 Å². The third kappa shape index (κ3) is 13.9. The summed E-state index contributed by atoms with van der Waals surface area (Å²) in [5, 5.41) is 20.5. The highest BCUT2D eigenvalue weighted by atomic mass is 32.1. The number of hydrogen-bond donors (Lipinski definition) is 0. The van der Waals surface area contributed by atoms with E-state index in [9.17, 15) is 0 Å². The smallest absolute Gasteiger partial charge is 0.159 e. The second-order valence-corrected chi connectivity index (χ2v) is 32.4. The third-order valence-electron chi connectivity index (χ3n) is 22.4. The molecule has 0 aliphatic heterocycles. The second kappa shape index (κ2) is 31.4. The Morgan fingerprint density at radius 1 is 0.214 bits per heavy atom. The van der Waals surface area contributed by atoms with Gasteiger partial charge in [-0.15, -0.1) is 22.7 Å². The van der Waals surface area contributed by atoms with Gasteiger partial charge < -0.3 is 27.0 Å². The number of para-hydroxylation sites is 10. The van der Waals surface area contributed by atoms with Gasteiger partial charge in [0, 0.05) is 129 Å². The molecule has 25 rings (SSSR count). The van der Waals surface area contributed by atoms with Crippen molar-refractivity contribution in [2.45, 2.75) is 41.5 Å². The van der Waals surface area contributed by atoms with Gasteiger partial charge in [-0.25, -0.2) is 0 Å². The first-order chi connectivity index (χ1) is 57.4. The number of aryl methyl sites for hydroxylation is 7. The maximum atomic E-state index is 6.31. The molecule has 8 heteroatoms. The minimum Gasteiger partial charge on any atom is -0.456 e. The van der Waals surface area contributed by atoms with Crippen molar-refractivity contribution in [3.05, 3.63) is 409 Å². The highest BCUT2D eigenvalue weighted by Gasteiger charge is 2.19. The van der Waals surface area contributed by atoms with E-state index in [1.807, 2.05) is 77.3 Å². The fourth-order valence-electron chi connectivity index (χ4n) is 16.8. The van der Waals surface area contributed by atoms with Crippen LogP contribution in [-0.2, 0) is 7.05 Å². The van der Waals surface area contributed by atoms with Crippen LogP contribution in [0.2, 0.25) is 0 Å². The van der Waals surface area contributed by atoms with E-state index in [4.69, 9.17) is 13.3 Å². The van der Waals surface area contributed by atoms with Crippen LogP contribution in [0.15, 0.2) is 389 Å². The summed E-state index contributed by atoms with van der Waals surface area (Å²) in [5.74, 6) is 0.